The number of methoxy groups -OCH3 is 1. The van der Waals surface area contributed by atoms with E-state index >= 15 is 0 Å². The van der Waals surface area contributed by atoms with Gasteiger partial charge < -0.3 is 19.1 Å². The second kappa shape index (κ2) is 11.9. The number of para-hydroxylation sites is 1. The van der Waals surface area contributed by atoms with Crippen LogP contribution in [0.2, 0.25) is 0 Å². The summed E-state index contributed by atoms with van der Waals surface area (Å²) >= 11 is 0. The van der Waals surface area contributed by atoms with E-state index in [4.69, 9.17) is 14.2 Å². The molecule has 1 aliphatic heterocycles. The third kappa shape index (κ3) is 5.89. The van der Waals surface area contributed by atoms with E-state index in [1.54, 1.807) is 60.5 Å². The lowest BCUT2D eigenvalue weighted by Gasteiger charge is -2.18. The number of esters is 1. The molecule has 1 fully saturated rings. The summed E-state index contributed by atoms with van der Waals surface area (Å²) in [6, 6.07) is 31.6. The fourth-order valence-electron chi connectivity index (χ4n) is 4.66. The number of hydrogen-bond acceptors (Lipinski definition) is 6. The Morgan fingerprint density at radius 3 is 2.17 bits per heavy atom. The second-order valence-electron chi connectivity index (χ2n) is 9.54. The molecule has 0 saturated carbocycles. The highest BCUT2D eigenvalue weighted by molar-refractivity contribution is 6.02. The van der Waals surface area contributed by atoms with E-state index in [1.165, 1.54) is 6.92 Å². The van der Waals surface area contributed by atoms with E-state index in [9.17, 15) is 14.4 Å². The van der Waals surface area contributed by atoms with Crippen LogP contribution in [0, 0.1) is 5.92 Å². The molecule has 4 aromatic rings. The Labute approximate surface area is 232 Å². The zero-order valence-electron chi connectivity index (χ0n) is 22.3. The van der Waals surface area contributed by atoms with E-state index in [0.29, 0.717) is 22.7 Å². The minimum Gasteiger partial charge on any atom is -0.497 e. The number of carbonyl (C=O) groups is 3. The molecule has 5 rings (SSSR count). The van der Waals surface area contributed by atoms with Gasteiger partial charge in [-0.1, -0.05) is 48.5 Å². The van der Waals surface area contributed by atoms with Crippen molar-refractivity contribution in [2.75, 3.05) is 18.6 Å². The minimum atomic E-state index is -0.972. The molecule has 4 aromatic carbocycles. The molecule has 1 heterocycles. The summed E-state index contributed by atoms with van der Waals surface area (Å²) in [6.45, 7) is 1.71. The highest BCUT2D eigenvalue weighted by Gasteiger charge is 2.37. The Bertz CT molecular complexity index is 1500. The number of nitrogens with zero attached hydrogens (tertiary/aromatic N) is 1. The quantitative estimate of drug-likeness (QED) is 0.184. The first kappa shape index (κ1) is 26.7. The first-order chi connectivity index (χ1) is 19.4. The summed E-state index contributed by atoms with van der Waals surface area (Å²) in [5.41, 5.74) is 3.10. The summed E-state index contributed by atoms with van der Waals surface area (Å²) < 4.78 is 16.7. The van der Waals surface area contributed by atoms with Crippen LogP contribution in [0.15, 0.2) is 103 Å². The van der Waals surface area contributed by atoms with E-state index in [1.807, 2.05) is 54.6 Å². The molecule has 0 N–H and O–H groups in total. The number of benzene rings is 4. The first-order valence-corrected chi connectivity index (χ1v) is 13.0. The van der Waals surface area contributed by atoms with Crippen molar-refractivity contribution in [3.05, 3.63) is 109 Å². The van der Waals surface area contributed by atoms with Gasteiger partial charge in [0.1, 0.15) is 17.2 Å². The molecule has 0 aromatic heterocycles. The van der Waals surface area contributed by atoms with E-state index < -0.39 is 18.0 Å². The van der Waals surface area contributed by atoms with E-state index in [-0.39, 0.29) is 24.7 Å². The van der Waals surface area contributed by atoms with Crippen molar-refractivity contribution in [1.82, 2.24) is 0 Å². The van der Waals surface area contributed by atoms with Gasteiger partial charge in [-0.25, -0.2) is 0 Å². The van der Waals surface area contributed by atoms with Crippen molar-refractivity contribution in [1.29, 1.82) is 0 Å². The summed E-state index contributed by atoms with van der Waals surface area (Å²) in [6.07, 6.45) is -0.953. The third-order valence-electron chi connectivity index (χ3n) is 6.84. The second-order valence-corrected chi connectivity index (χ2v) is 9.54. The molecule has 0 unspecified atom stereocenters. The van der Waals surface area contributed by atoms with Crippen LogP contribution in [-0.4, -0.2) is 37.4 Å². The Morgan fingerprint density at radius 1 is 0.825 bits per heavy atom. The van der Waals surface area contributed by atoms with Gasteiger partial charge in [0.2, 0.25) is 11.7 Å². The highest BCUT2D eigenvalue weighted by atomic mass is 16.5. The van der Waals surface area contributed by atoms with Crippen molar-refractivity contribution >= 4 is 23.3 Å². The SMILES string of the molecule is COc1ccc(C(=O)[C@H](C)OC(=O)[C@H]2CC(=O)N(c3ccc(Oc4ccccc4-c4ccccc4)cc3)C2)cc1. The van der Waals surface area contributed by atoms with Gasteiger partial charge in [-0.3, -0.25) is 14.4 Å². The maximum Gasteiger partial charge on any atom is 0.312 e. The largest absolute Gasteiger partial charge is 0.497 e. The Hall–Kier alpha value is -4.91. The van der Waals surface area contributed by atoms with Crippen LogP contribution in [0.4, 0.5) is 5.69 Å². The topological polar surface area (TPSA) is 82.1 Å². The molecule has 1 saturated heterocycles. The van der Waals surface area contributed by atoms with Crippen molar-refractivity contribution in [2.45, 2.75) is 19.4 Å². The number of ketones is 1. The van der Waals surface area contributed by atoms with E-state index in [2.05, 4.69) is 0 Å². The Morgan fingerprint density at radius 2 is 1.48 bits per heavy atom. The zero-order valence-corrected chi connectivity index (χ0v) is 22.3. The molecule has 1 amide bonds. The molecule has 7 nitrogen and oxygen atoms in total. The maximum absolute atomic E-state index is 12.8. The fourth-order valence-corrected chi connectivity index (χ4v) is 4.66. The molecule has 0 aliphatic carbocycles. The molecule has 0 radical (unpaired) electrons. The standard InChI is InChI=1S/C33H29NO6/c1-22(32(36)24-12-16-27(38-2)17-13-24)39-33(37)25-20-31(35)34(21-25)26-14-18-28(19-15-26)40-30-11-7-6-10-29(30)23-8-4-3-5-9-23/h3-19,22,25H,20-21H2,1-2H3/t22-,25-/m0/s1. The number of hydrogen-bond donors (Lipinski definition) is 0. The van der Waals surface area contributed by atoms with Crippen molar-refractivity contribution < 1.29 is 28.6 Å². The van der Waals surface area contributed by atoms with Crippen LogP contribution in [0.1, 0.15) is 23.7 Å². The van der Waals surface area contributed by atoms with Crippen molar-refractivity contribution in [2.24, 2.45) is 5.92 Å². The first-order valence-electron chi connectivity index (χ1n) is 13.0. The Balaban J connectivity index is 1.21. The highest BCUT2D eigenvalue weighted by Crippen LogP contribution is 2.34. The summed E-state index contributed by atoms with van der Waals surface area (Å²) in [7, 11) is 1.54. The van der Waals surface area contributed by atoms with Crippen LogP contribution in [0.3, 0.4) is 0 Å². The maximum atomic E-state index is 12.8. The number of anilines is 1. The van der Waals surface area contributed by atoms with Gasteiger partial charge in [0.15, 0.2) is 6.10 Å². The smallest absolute Gasteiger partial charge is 0.312 e. The number of Topliss-reactive ketones (excluding diaryl/α,β-unsaturated/α-hetero) is 1. The van der Waals surface area contributed by atoms with Crippen molar-refractivity contribution in [3.63, 3.8) is 0 Å². The average molecular weight is 536 g/mol. The van der Waals surface area contributed by atoms with Gasteiger partial charge in [0.05, 0.1) is 13.0 Å². The van der Waals surface area contributed by atoms with Gasteiger partial charge in [-0.05, 0) is 67.1 Å². The molecule has 0 bridgehead atoms. The number of rotatable bonds is 9. The molecular weight excluding hydrogens is 506 g/mol. The summed E-state index contributed by atoms with van der Waals surface area (Å²) in [5, 5.41) is 0. The summed E-state index contributed by atoms with van der Waals surface area (Å²) in [4.78, 5) is 39.9. The average Bonchev–Trinajstić information content (AvgIpc) is 3.39. The number of amides is 1. The van der Waals surface area contributed by atoms with Gasteiger partial charge in [-0.15, -0.1) is 0 Å². The molecule has 40 heavy (non-hydrogen) atoms. The van der Waals surface area contributed by atoms with Gasteiger partial charge >= 0.3 is 5.97 Å². The van der Waals surface area contributed by atoms with Crippen LogP contribution >= 0.6 is 0 Å². The lowest BCUT2D eigenvalue weighted by atomic mass is 10.0. The number of ether oxygens (including phenoxy) is 3. The lowest BCUT2D eigenvalue weighted by Crippen LogP contribution is -2.30. The van der Waals surface area contributed by atoms with Gasteiger partial charge in [0.25, 0.3) is 0 Å². The number of carbonyl (C=O) groups excluding carboxylic acids is 3. The predicted molar refractivity (Wildman–Crippen MR) is 152 cm³/mol. The predicted octanol–water partition coefficient (Wildman–Crippen LogP) is 6.32. The molecule has 2 atom stereocenters. The fraction of sp³-hybridized carbons (Fsp3) is 0.182. The van der Waals surface area contributed by atoms with E-state index in [0.717, 1.165) is 16.9 Å². The molecule has 1 aliphatic rings. The van der Waals surface area contributed by atoms with Gasteiger partial charge in [0, 0.05) is 29.8 Å². The molecular formula is C33H29NO6. The monoisotopic (exact) mass is 535 g/mol. The van der Waals surface area contributed by atoms with Crippen molar-refractivity contribution in [3.8, 4) is 28.4 Å². The van der Waals surface area contributed by atoms with Gasteiger partial charge in [-0.2, -0.15) is 0 Å². The Kier molecular flexibility index (Phi) is 7.92. The normalized spacial score (nSPS) is 15.4. The lowest BCUT2D eigenvalue weighted by molar-refractivity contribution is -0.151. The summed E-state index contributed by atoms with van der Waals surface area (Å²) in [5.74, 6) is 0.249. The van der Waals surface area contributed by atoms with Crippen LogP contribution in [-0.2, 0) is 14.3 Å². The molecule has 202 valence electrons. The zero-order chi connectivity index (χ0) is 28.1. The van der Waals surface area contributed by atoms with Crippen LogP contribution < -0.4 is 14.4 Å². The van der Waals surface area contributed by atoms with Crippen LogP contribution in [0.5, 0.6) is 17.2 Å². The van der Waals surface area contributed by atoms with Crippen LogP contribution in [0.25, 0.3) is 11.1 Å². The third-order valence-corrected chi connectivity index (χ3v) is 6.84. The molecule has 0 spiro atoms. The minimum absolute atomic E-state index is 0.0188. The molecule has 7 heteroatoms.